The van der Waals surface area contributed by atoms with E-state index < -0.39 is 36.6 Å². The van der Waals surface area contributed by atoms with Crippen LogP contribution in [0.4, 0.5) is 8.78 Å². The molecule has 5 rings (SSSR count). The van der Waals surface area contributed by atoms with Gasteiger partial charge in [0.15, 0.2) is 24.2 Å². The Bertz CT molecular complexity index is 1680. The summed E-state index contributed by atoms with van der Waals surface area (Å²) in [6.45, 7) is -1.69. The number of carbonyl (C=O) groups is 2. The molecule has 0 unspecified atom stereocenters. The molecule has 14 heteroatoms. The molecule has 47 heavy (non-hydrogen) atoms. The normalized spacial score (nSPS) is 15.7. The van der Waals surface area contributed by atoms with Gasteiger partial charge >= 0.3 is 5.69 Å². The lowest BCUT2D eigenvalue weighted by Gasteiger charge is -2.31. The van der Waals surface area contributed by atoms with E-state index in [2.05, 4.69) is 0 Å². The minimum Gasteiger partial charge on any atom is -0.487 e. The number of hydroxylamine groups is 2. The number of carbonyl (C=O) groups excluding carboxylic acids is 2. The van der Waals surface area contributed by atoms with Gasteiger partial charge in [-0.05, 0) is 74.4 Å². The lowest BCUT2D eigenvalue weighted by molar-refractivity contribution is -0.170. The lowest BCUT2D eigenvalue weighted by Crippen LogP contribution is -2.44. The smallest absolute Gasteiger partial charge is 0.332 e. The van der Waals surface area contributed by atoms with Gasteiger partial charge in [0, 0.05) is 26.2 Å². The fourth-order valence-corrected chi connectivity index (χ4v) is 6.04. The van der Waals surface area contributed by atoms with Crippen LogP contribution in [0.1, 0.15) is 50.1 Å². The van der Waals surface area contributed by atoms with E-state index in [-0.39, 0.29) is 42.2 Å². The molecule has 1 saturated heterocycles. The number of hydrogen-bond acceptors (Lipinski definition) is 8. The second-order valence-corrected chi connectivity index (χ2v) is 11.8. The van der Waals surface area contributed by atoms with Crippen LogP contribution in [-0.2, 0) is 21.0 Å². The maximum Gasteiger partial charge on any atom is 0.332 e. The number of alkyl halides is 2. The second kappa shape index (κ2) is 15.4. The van der Waals surface area contributed by atoms with E-state index in [1.54, 1.807) is 33.7 Å². The van der Waals surface area contributed by atoms with E-state index in [9.17, 15) is 28.0 Å². The maximum absolute atomic E-state index is 14.1. The Kier molecular flexibility index (Phi) is 11.1. The maximum atomic E-state index is 14.1. The van der Waals surface area contributed by atoms with Gasteiger partial charge in [-0.15, -0.1) is 0 Å². The molecule has 2 fully saturated rings. The molecule has 0 atom stereocenters. The molecule has 1 aromatic heterocycles. The first kappa shape index (κ1) is 33.9. The molecule has 1 aliphatic carbocycles. The van der Waals surface area contributed by atoms with Gasteiger partial charge in [0.1, 0.15) is 19.1 Å². The van der Waals surface area contributed by atoms with E-state index in [0.29, 0.717) is 42.8 Å². The molecule has 3 aromatic rings. The first-order valence-corrected chi connectivity index (χ1v) is 15.8. The number of benzene rings is 2. The minimum atomic E-state index is -1.33. The third kappa shape index (κ3) is 7.75. The number of likely N-dealkylation sites (N-methyl/N-ethyl adjacent to an activating group) is 1. The van der Waals surface area contributed by atoms with Crippen molar-refractivity contribution in [1.29, 1.82) is 0 Å². The molecule has 0 bridgehead atoms. The Morgan fingerprint density at radius 2 is 1.74 bits per heavy atom. The number of hydrogen-bond donors (Lipinski definition) is 0. The number of halogens is 2. The molecule has 2 amide bonds. The Balaban J connectivity index is 1.55. The van der Waals surface area contributed by atoms with Crippen LogP contribution >= 0.6 is 0 Å². The highest BCUT2D eigenvalue weighted by Crippen LogP contribution is 2.33. The van der Waals surface area contributed by atoms with Gasteiger partial charge in [0.05, 0.1) is 30.7 Å². The van der Waals surface area contributed by atoms with Crippen LogP contribution < -0.4 is 25.5 Å². The van der Waals surface area contributed by atoms with Crippen LogP contribution in [0.15, 0.2) is 46.0 Å². The molecular weight excluding hydrogens is 618 g/mol. The van der Waals surface area contributed by atoms with Crippen LogP contribution in [0, 0.1) is 0 Å². The van der Waals surface area contributed by atoms with Gasteiger partial charge in [0.2, 0.25) is 6.41 Å². The molecule has 1 saturated carbocycles. The summed E-state index contributed by atoms with van der Waals surface area (Å²) in [4.78, 5) is 58.4. The third-order valence-electron chi connectivity index (χ3n) is 8.72. The summed E-state index contributed by atoms with van der Waals surface area (Å²) in [6.07, 6.45) is 4.33. The molecule has 0 spiro atoms. The van der Waals surface area contributed by atoms with E-state index in [4.69, 9.17) is 19.0 Å². The molecule has 2 aromatic carbocycles. The van der Waals surface area contributed by atoms with Gasteiger partial charge < -0.3 is 19.1 Å². The Hall–Kier alpha value is -4.46. The van der Waals surface area contributed by atoms with Crippen LogP contribution in [0.25, 0.3) is 10.9 Å². The predicted octanol–water partition coefficient (Wildman–Crippen LogP) is 3.41. The molecule has 254 valence electrons. The number of ether oxygens (including phenoxy) is 3. The van der Waals surface area contributed by atoms with Crippen molar-refractivity contribution in [2.24, 2.45) is 0 Å². The molecule has 2 heterocycles. The number of likely N-dealkylation sites (tertiary alicyclic amines) is 1. The quantitative estimate of drug-likeness (QED) is 0.191. The van der Waals surface area contributed by atoms with Crippen molar-refractivity contribution in [2.45, 2.75) is 63.3 Å². The fourth-order valence-electron chi connectivity index (χ4n) is 6.04. The Labute approximate surface area is 270 Å². The van der Waals surface area contributed by atoms with E-state index in [0.717, 1.165) is 41.7 Å². The highest BCUT2D eigenvalue weighted by Gasteiger charge is 2.26. The van der Waals surface area contributed by atoms with Crippen molar-refractivity contribution >= 4 is 23.2 Å². The summed E-state index contributed by atoms with van der Waals surface area (Å²) in [5, 5.41) is 1.18. The number of amides is 2. The molecule has 0 radical (unpaired) electrons. The molecule has 2 aliphatic rings. The standard InChI is InChI=1S/C33H40F2N4O8/c1-36(44-2)31(41)20-45-30-15-22(7-10-29(30)47-24-5-3-4-6-24)19-38-32(42)27-16-25(46-26(17-34)18-35)8-9-28(27)39(33(38)43)23-11-13-37(21-40)14-12-23/h7-10,15-16,21,23-24,26H,3-6,11-14,17-20H2,1-2H3. The number of rotatable bonds is 14. The zero-order valence-electron chi connectivity index (χ0n) is 26.6. The van der Waals surface area contributed by atoms with Crippen LogP contribution in [0.3, 0.4) is 0 Å². The SMILES string of the molecule is CON(C)C(=O)COc1cc(Cn2c(=O)c3cc(OC(CF)CF)ccc3n(C3CCN(C=O)CC3)c2=O)ccc1OC1CCCC1. The number of nitrogens with zero attached hydrogens (tertiary/aromatic N) is 4. The fraction of sp³-hybridized carbons (Fsp3) is 0.515. The first-order valence-electron chi connectivity index (χ1n) is 15.8. The Morgan fingerprint density at radius 1 is 1.02 bits per heavy atom. The number of fused-ring (bicyclic) bond motifs is 1. The van der Waals surface area contributed by atoms with Gasteiger partial charge in [0.25, 0.3) is 11.5 Å². The molecular formula is C33H40F2N4O8. The zero-order chi connectivity index (χ0) is 33.5. The average molecular weight is 659 g/mol. The van der Waals surface area contributed by atoms with E-state index in [1.165, 1.54) is 26.3 Å². The van der Waals surface area contributed by atoms with Gasteiger partial charge in [-0.25, -0.2) is 18.6 Å². The van der Waals surface area contributed by atoms with Crippen LogP contribution in [0.2, 0.25) is 0 Å². The summed E-state index contributed by atoms with van der Waals surface area (Å²) in [6, 6.07) is 9.19. The minimum absolute atomic E-state index is 0.00676. The topological polar surface area (TPSA) is 122 Å². The highest BCUT2D eigenvalue weighted by molar-refractivity contribution is 5.80. The van der Waals surface area contributed by atoms with Crippen molar-refractivity contribution in [3.05, 3.63) is 62.8 Å². The second-order valence-electron chi connectivity index (χ2n) is 11.8. The molecule has 1 aliphatic heterocycles. The molecule has 0 N–H and O–H groups in total. The van der Waals surface area contributed by atoms with Gasteiger partial charge in [-0.3, -0.25) is 28.4 Å². The molecule has 12 nitrogen and oxygen atoms in total. The van der Waals surface area contributed by atoms with Gasteiger partial charge in [-0.2, -0.15) is 0 Å². The summed E-state index contributed by atoms with van der Waals surface area (Å²) in [7, 11) is 2.83. The van der Waals surface area contributed by atoms with Gasteiger partial charge in [-0.1, -0.05) is 6.07 Å². The van der Waals surface area contributed by atoms with Crippen molar-refractivity contribution < 1.29 is 37.4 Å². The van der Waals surface area contributed by atoms with E-state index in [1.807, 2.05) is 0 Å². The summed E-state index contributed by atoms with van der Waals surface area (Å²) in [5.41, 5.74) is -0.263. The van der Waals surface area contributed by atoms with Crippen LogP contribution in [0.5, 0.6) is 17.2 Å². The van der Waals surface area contributed by atoms with Crippen molar-refractivity contribution in [3.63, 3.8) is 0 Å². The first-order chi connectivity index (χ1) is 22.8. The van der Waals surface area contributed by atoms with Crippen molar-refractivity contribution in [3.8, 4) is 17.2 Å². The largest absolute Gasteiger partial charge is 0.487 e. The van der Waals surface area contributed by atoms with Crippen LogP contribution in [-0.4, -0.2) is 90.8 Å². The lowest BCUT2D eigenvalue weighted by atomic mass is 10.0. The number of aromatic nitrogens is 2. The van der Waals surface area contributed by atoms with Crippen molar-refractivity contribution in [1.82, 2.24) is 19.1 Å². The third-order valence-corrected chi connectivity index (χ3v) is 8.72. The highest BCUT2D eigenvalue weighted by atomic mass is 19.1. The summed E-state index contributed by atoms with van der Waals surface area (Å²) >= 11 is 0. The monoisotopic (exact) mass is 658 g/mol. The summed E-state index contributed by atoms with van der Waals surface area (Å²) in [5.74, 6) is 0.384. The number of piperidine rings is 1. The van der Waals surface area contributed by atoms with E-state index >= 15 is 0 Å². The zero-order valence-corrected chi connectivity index (χ0v) is 26.6. The Morgan fingerprint density at radius 3 is 2.40 bits per heavy atom. The average Bonchev–Trinajstić information content (AvgIpc) is 3.62. The van der Waals surface area contributed by atoms with Crippen molar-refractivity contribution in [2.75, 3.05) is 47.2 Å². The predicted molar refractivity (Wildman–Crippen MR) is 168 cm³/mol. The summed E-state index contributed by atoms with van der Waals surface area (Å²) < 4.78 is 46.7.